The van der Waals surface area contributed by atoms with Crippen molar-refractivity contribution in [3.63, 3.8) is 0 Å². The van der Waals surface area contributed by atoms with E-state index in [0.717, 1.165) is 17.1 Å². The van der Waals surface area contributed by atoms with E-state index in [2.05, 4.69) is 12.2 Å². The molecule has 0 aliphatic carbocycles. The number of halogens is 2. The van der Waals surface area contributed by atoms with Crippen LogP contribution in [-0.2, 0) is 6.42 Å². The molecule has 0 aliphatic heterocycles. The zero-order chi connectivity index (χ0) is 13.7. The van der Waals surface area contributed by atoms with Crippen molar-refractivity contribution in [3.8, 4) is 0 Å². The molecule has 19 heavy (non-hydrogen) atoms. The molecule has 0 bridgehead atoms. The lowest BCUT2D eigenvalue weighted by Gasteiger charge is -2.14. The zero-order valence-electron chi connectivity index (χ0n) is 10.9. The zero-order valence-corrected chi connectivity index (χ0v) is 11.6. The van der Waals surface area contributed by atoms with Crippen LogP contribution in [0.1, 0.15) is 24.1 Å². The highest BCUT2D eigenvalue weighted by molar-refractivity contribution is 6.30. The number of hydrogen-bond donors (Lipinski definition) is 1. The minimum absolute atomic E-state index is 0.136. The Morgan fingerprint density at radius 2 is 1.79 bits per heavy atom. The first-order chi connectivity index (χ1) is 9.16. The van der Waals surface area contributed by atoms with Gasteiger partial charge in [0.05, 0.1) is 0 Å². The lowest BCUT2D eigenvalue weighted by Crippen LogP contribution is -2.21. The SMILES string of the molecule is CC(NCCc1ccccc1F)c1ccc(Cl)cc1. The summed E-state index contributed by atoms with van der Waals surface area (Å²) in [6.07, 6.45) is 0.685. The van der Waals surface area contributed by atoms with E-state index in [1.54, 1.807) is 6.07 Å². The maximum Gasteiger partial charge on any atom is 0.126 e. The maximum atomic E-state index is 13.4. The van der Waals surface area contributed by atoms with Crippen LogP contribution in [0.3, 0.4) is 0 Å². The second-order valence-corrected chi connectivity index (χ2v) is 5.01. The molecule has 0 saturated carbocycles. The molecule has 1 atom stereocenters. The highest BCUT2D eigenvalue weighted by Crippen LogP contribution is 2.16. The van der Waals surface area contributed by atoms with Gasteiger partial charge in [0, 0.05) is 11.1 Å². The van der Waals surface area contributed by atoms with Crippen molar-refractivity contribution < 1.29 is 4.39 Å². The van der Waals surface area contributed by atoms with Gasteiger partial charge in [-0.15, -0.1) is 0 Å². The fourth-order valence-electron chi connectivity index (χ4n) is 1.99. The first-order valence-corrected chi connectivity index (χ1v) is 6.77. The summed E-state index contributed by atoms with van der Waals surface area (Å²) in [4.78, 5) is 0. The summed E-state index contributed by atoms with van der Waals surface area (Å²) in [6.45, 7) is 2.83. The number of rotatable bonds is 5. The summed E-state index contributed by atoms with van der Waals surface area (Å²) in [5, 5.41) is 4.12. The molecular weight excluding hydrogens is 261 g/mol. The first kappa shape index (κ1) is 14.0. The van der Waals surface area contributed by atoms with Crippen LogP contribution in [0.2, 0.25) is 5.02 Å². The molecule has 1 nitrogen and oxygen atoms in total. The van der Waals surface area contributed by atoms with Crippen molar-refractivity contribution in [2.75, 3.05) is 6.54 Å². The highest BCUT2D eigenvalue weighted by atomic mass is 35.5. The molecule has 2 rings (SSSR count). The third kappa shape index (κ3) is 4.05. The smallest absolute Gasteiger partial charge is 0.126 e. The Morgan fingerprint density at radius 1 is 1.11 bits per heavy atom. The Morgan fingerprint density at radius 3 is 2.47 bits per heavy atom. The van der Waals surface area contributed by atoms with E-state index in [-0.39, 0.29) is 11.9 Å². The van der Waals surface area contributed by atoms with Gasteiger partial charge in [-0.3, -0.25) is 0 Å². The average molecular weight is 278 g/mol. The molecule has 0 fully saturated rings. The maximum absolute atomic E-state index is 13.4. The summed E-state index contributed by atoms with van der Waals surface area (Å²) < 4.78 is 13.4. The van der Waals surface area contributed by atoms with Gasteiger partial charge >= 0.3 is 0 Å². The van der Waals surface area contributed by atoms with Gasteiger partial charge in [0.15, 0.2) is 0 Å². The molecule has 0 aliphatic rings. The minimum Gasteiger partial charge on any atom is -0.310 e. The van der Waals surface area contributed by atoms with Gasteiger partial charge in [0.2, 0.25) is 0 Å². The highest BCUT2D eigenvalue weighted by Gasteiger charge is 2.05. The Bertz CT molecular complexity index is 525. The Hall–Kier alpha value is -1.38. The second-order valence-electron chi connectivity index (χ2n) is 4.57. The van der Waals surface area contributed by atoms with E-state index in [1.165, 1.54) is 11.6 Å². The van der Waals surface area contributed by atoms with Gasteiger partial charge in [0.1, 0.15) is 5.82 Å². The minimum atomic E-state index is -0.136. The normalized spacial score (nSPS) is 12.4. The van der Waals surface area contributed by atoms with Crippen molar-refractivity contribution in [1.29, 1.82) is 0 Å². The Labute approximate surface area is 118 Å². The van der Waals surface area contributed by atoms with E-state index in [0.29, 0.717) is 6.42 Å². The summed E-state index contributed by atoms with van der Waals surface area (Å²) in [5.41, 5.74) is 1.93. The van der Waals surface area contributed by atoms with Crippen molar-refractivity contribution in [1.82, 2.24) is 5.32 Å². The molecular formula is C16H17ClFN. The summed E-state index contributed by atoms with van der Waals surface area (Å²) >= 11 is 5.86. The first-order valence-electron chi connectivity index (χ1n) is 6.39. The molecule has 2 aromatic carbocycles. The topological polar surface area (TPSA) is 12.0 Å². The number of nitrogens with one attached hydrogen (secondary N) is 1. The van der Waals surface area contributed by atoms with E-state index < -0.39 is 0 Å². The van der Waals surface area contributed by atoms with Crippen molar-refractivity contribution in [3.05, 3.63) is 70.5 Å². The van der Waals surface area contributed by atoms with Gasteiger partial charge in [-0.25, -0.2) is 4.39 Å². The molecule has 0 heterocycles. The van der Waals surface area contributed by atoms with Crippen LogP contribution in [0.5, 0.6) is 0 Å². The lowest BCUT2D eigenvalue weighted by molar-refractivity contribution is 0.559. The van der Waals surface area contributed by atoms with Crippen LogP contribution in [0.25, 0.3) is 0 Å². The summed E-state index contributed by atoms with van der Waals surface area (Å²) in [5.74, 6) is -0.136. The van der Waals surface area contributed by atoms with E-state index in [9.17, 15) is 4.39 Å². The monoisotopic (exact) mass is 277 g/mol. The molecule has 0 aromatic heterocycles. The van der Waals surface area contributed by atoms with Crippen molar-refractivity contribution in [2.24, 2.45) is 0 Å². The van der Waals surface area contributed by atoms with Gasteiger partial charge in [0.25, 0.3) is 0 Å². The molecule has 0 spiro atoms. The average Bonchev–Trinajstić information content (AvgIpc) is 2.41. The van der Waals surface area contributed by atoms with Crippen molar-refractivity contribution in [2.45, 2.75) is 19.4 Å². The van der Waals surface area contributed by atoms with Gasteiger partial charge < -0.3 is 5.32 Å². The number of hydrogen-bond acceptors (Lipinski definition) is 1. The standard InChI is InChI=1S/C16H17ClFN/c1-12(13-6-8-15(17)9-7-13)19-11-10-14-4-2-3-5-16(14)18/h2-9,12,19H,10-11H2,1H3. The molecule has 2 aromatic rings. The molecule has 0 radical (unpaired) electrons. The van der Waals surface area contributed by atoms with Crippen LogP contribution < -0.4 is 5.32 Å². The predicted molar refractivity (Wildman–Crippen MR) is 78.0 cm³/mol. The van der Waals surface area contributed by atoms with Crippen LogP contribution >= 0.6 is 11.6 Å². The van der Waals surface area contributed by atoms with Gasteiger partial charge in [-0.05, 0) is 49.2 Å². The van der Waals surface area contributed by atoms with E-state index in [1.807, 2.05) is 36.4 Å². The fourth-order valence-corrected chi connectivity index (χ4v) is 2.12. The summed E-state index contributed by atoms with van der Waals surface area (Å²) in [7, 11) is 0. The Balaban J connectivity index is 1.86. The molecule has 100 valence electrons. The third-order valence-electron chi connectivity index (χ3n) is 3.17. The quantitative estimate of drug-likeness (QED) is 0.856. The van der Waals surface area contributed by atoms with E-state index >= 15 is 0 Å². The predicted octanol–water partition coefficient (Wildman–Crippen LogP) is 4.37. The van der Waals surface area contributed by atoms with Gasteiger partial charge in [-0.1, -0.05) is 41.9 Å². The molecule has 1 unspecified atom stereocenters. The molecule has 1 N–H and O–H groups in total. The fraction of sp³-hybridized carbons (Fsp3) is 0.250. The summed E-state index contributed by atoms with van der Waals surface area (Å²) in [6, 6.07) is 14.9. The van der Waals surface area contributed by atoms with Crippen LogP contribution in [0, 0.1) is 5.82 Å². The number of benzene rings is 2. The Kier molecular flexibility index (Phi) is 4.94. The molecule has 3 heteroatoms. The van der Waals surface area contributed by atoms with Crippen LogP contribution in [0.4, 0.5) is 4.39 Å². The lowest BCUT2D eigenvalue weighted by atomic mass is 10.1. The van der Waals surface area contributed by atoms with E-state index in [4.69, 9.17) is 11.6 Å². The molecule has 0 saturated heterocycles. The van der Waals surface area contributed by atoms with Crippen molar-refractivity contribution >= 4 is 11.6 Å². The van der Waals surface area contributed by atoms with Gasteiger partial charge in [-0.2, -0.15) is 0 Å². The van der Waals surface area contributed by atoms with Crippen LogP contribution in [0.15, 0.2) is 48.5 Å². The second kappa shape index (κ2) is 6.69. The largest absolute Gasteiger partial charge is 0.310 e. The van der Waals surface area contributed by atoms with Crippen LogP contribution in [-0.4, -0.2) is 6.54 Å². The molecule has 0 amide bonds. The third-order valence-corrected chi connectivity index (χ3v) is 3.42.